The Morgan fingerprint density at radius 1 is 0.829 bits per heavy atom. The van der Waals surface area contributed by atoms with Crippen LogP contribution in [0.25, 0.3) is 17.2 Å². The summed E-state index contributed by atoms with van der Waals surface area (Å²) < 4.78 is 0. The van der Waals surface area contributed by atoms with Crippen molar-refractivity contribution in [3.63, 3.8) is 0 Å². The van der Waals surface area contributed by atoms with E-state index in [4.69, 9.17) is 15.5 Å². The summed E-state index contributed by atoms with van der Waals surface area (Å²) in [5.74, 6) is 1.12. The third-order valence-electron chi connectivity index (χ3n) is 5.64. The summed E-state index contributed by atoms with van der Waals surface area (Å²) in [7, 11) is 0. The Bertz CT molecular complexity index is 1460. The van der Waals surface area contributed by atoms with E-state index in [0.717, 1.165) is 44.8 Å². The van der Waals surface area contributed by atoms with Crippen LogP contribution >= 0.6 is 0 Å². The molecule has 6 nitrogen and oxygen atoms in total. The maximum atomic E-state index is 9.04. The van der Waals surface area contributed by atoms with Gasteiger partial charge in [0.25, 0.3) is 0 Å². The number of hydrogen-bond acceptors (Lipinski definition) is 6. The highest BCUT2D eigenvalue weighted by atomic mass is 15.1. The van der Waals surface area contributed by atoms with Gasteiger partial charge >= 0.3 is 0 Å². The van der Waals surface area contributed by atoms with Crippen LogP contribution in [0.3, 0.4) is 0 Å². The maximum Gasteiger partial charge on any atom is 0.229 e. The molecule has 0 spiro atoms. The van der Waals surface area contributed by atoms with Crippen LogP contribution in [0.2, 0.25) is 0 Å². The highest BCUT2D eigenvalue weighted by Crippen LogP contribution is 2.34. The Hall–Kier alpha value is -4.94. The highest BCUT2D eigenvalue weighted by Gasteiger charge is 2.14. The van der Waals surface area contributed by atoms with Gasteiger partial charge in [0.05, 0.1) is 17.7 Å². The molecule has 4 aromatic rings. The summed E-state index contributed by atoms with van der Waals surface area (Å²) >= 11 is 0. The van der Waals surface area contributed by atoms with E-state index in [0.29, 0.717) is 17.3 Å². The van der Waals surface area contributed by atoms with E-state index >= 15 is 0 Å². The number of rotatable bonds is 6. The molecule has 0 atom stereocenters. The zero-order valence-electron chi connectivity index (χ0n) is 19.8. The molecule has 0 bridgehead atoms. The van der Waals surface area contributed by atoms with Crippen LogP contribution in [0.5, 0.6) is 0 Å². The number of nitriles is 2. The normalized spacial score (nSPS) is 10.5. The molecular formula is C29H24N6. The highest BCUT2D eigenvalue weighted by molar-refractivity contribution is 5.82. The molecule has 0 amide bonds. The lowest BCUT2D eigenvalue weighted by Crippen LogP contribution is -2.05. The van der Waals surface area contributed by atoms with Crippen molar-refractivity contribution < 1.29 is 0 Å². The minimum atomic E-state index is 0.443. The van der Waals surface area contributed by atoms with Crippen LogP contribution < -0.4 is 10.6 Å². The molecule has 35 heavy (non-hydrogen) atoms. The SMILES string of the molecule is Cc1ccccc1-c1cnc(Nc2ccc(C#N)cc2)nc1Nc1c(C)cc(/C=C/C#N)cc1C. The number of nitrogens with zero attached hydrogens (tertiary/aromatic N) is 4. The van der Waals surface area contributed by atoms with Crippen molar-refractivity contribution in [1.29, 1.82) is 10.5 Å². The molecule has 4 rings (SSSR count). The van der Waals surface area contributed by atoms with Crippen LogP contribution in [0.1, 0.15) is 27.8 Å². The Kier molecular flexibility index (Phi) is 6.86. The van der Waals surface area contributed by atoms with Crippen molar-refractivity contribution in [1.82, 2.24) is 9.97 Å². The van der Waals surface area contributed by atoms with Crippen molar-refractivity contribution in [2.45, 2.75) is 20.8 Å². The molecule has 1 heterocycles. The van der Waals surface area contributed by atoms with E-state index in [9.17, 15) is 0 Å². The first-order valence-electron chi connectivity index (χ1n) is 11.1. The summed E-state index contributed by atoms with van der Waals surface area (Å²) in [6.45, 7) is 6.13. The zero-order chi connectivity index (χ0) is 24.8. The van der Waals surface area contributed by atoms with Gasteiger partial charge in [-0.3, -0.25) is 0 Å². The first kappa shape index (κ1) is 23.2. The molecule has 0 fully saturated rings. The van der Waals surface area contributed by atoms with Gasteiger partial charge < -0.3 is 10.6 Å². The molecule has 1 aromatic heterocycles. The second kappa shape index (κ2) is 10.3. The van der Waals surface area contributed by atoms with Crippen molar-refractivity contribution >= 4 is 29.2 Å². The molecule has 0 aliphatic heterocycles. The molecule has 170 valence electrons. The quantitative estimate of drug-likeness (QED) is 0.304. The molecule has 0 aliphatic rings. The first-order chi connectivity index (χ1) is 17.0. The molecule has 2 N–H and O–H groups in total. The van der Waals surface area contributed by atoms with Gasteiger partial charge in [0, 0.05) is 29.2 Å². The smallest absolute Gasteiger partial charge is 0.229 e. The third kappa shape index (κ3) is 5.35. The van der Waals surface area contributed by atoms with Crippen molar-refractivity contribution in [3.8, 4) is 23.3 Å². The summed E-state index contributed by atoms with van der Waals surface area (Å²) in [5.41, 5.74) is 8.44. The van der Waals surface area contributed by atoms with Gasteiger partial charge in [-0.05, 0) is 91.1 Å². The number of aryl methyl sites for hydroxylation is 3. The molecule has 0 aliphatic carbocycles. The van der Waals surface area contributed by atoms with Gasteiger partial charge in [0.15, 0.2) is 0 Å². The maximum absolute atomic E-state index is 9.04. The fraction of sp³-hybridized carbons (Fsp3) is 0.103. The molecule has 0 unspecified atom stereocenters. The molecular weight excluding hydrogens is 432 g/mol. The second-order valence-corrected chi connectivity index (χ2v) is 8.20. The van der Waals surface area contributed by atoms with Crippen LogP contribution in [0.15, 0.2) is 72.9 Å². The molecule has 0 saturated heterocycles. The lowest BCUT2D eigenvalue weighted by Gasteiger charge is -2.18. The van der Waals surface area contributed by atoms with Gasteiger partial charge in [-0.15, -0.1) is 0 Å². The molecule has 6 heteroatoms. The largest absolute Gasteiger partial charge is 0.339 e. The summed E-state index contributed by atoms with van der Waals surface area (Å²) in [4.78, 5) is 9.38. The van der Waals surface area contributed by atoms with E-state index in [1.54, 1.807) is 18.2 Å². The van der Waals surface area contributed by atoms with Gasteiger partial charge in [0.2, 0.25) is 5.95 Å². The average molecular weight is 457 g/mol. The Morgan fingerprint density at radius 2 is 1.54 bits per heavy atom. The lowest BCUT2D eigenvalue weighted by molar-refractivity contribution is 1.16. The van der Waals surface area contributed by atoms with Gasteiger partial charge in [-0.25, -0.2) is 4.98 Å². The summed E-state index contributed by atoms with van der Waals surface area (Å²) in [6, 6.07) is 23.5. The monoisotopic (exact) mass is 456 g/mol. The van der Waals surface area contributed by atoms with Gasteiger partial charge in [0.1, 0.15) is 5.82 Å². The van der Waals surface area contributed by atoms with Crippen molar-refractivity contribution in [3.05, 3.63) is 101 Å². The second-order valence-electron chi connectivity index (χ2n) is 8.20. The third-order valence-corrected chi connectivity index (χ3v) is 5.64. The molecule has 0 saturated carbocycles. The lowest BCUT2D eigenvalue weighted by atomic mass is 10.0. The Labute approximate surface area is 205 Å². The van der Waals surface area contributed by atoms with Gasteiger partial charge in [-0.2, -0.15) is 15.5 Å². The number of benzene rings is 3. The number of hydrogen-bond donors (Lipinski definition) is 2. The van der Waals surface area contributed by atoms with E-state index < -0.39 is 0 Å². The van der Waals surface area contributed by atoms with E-state index in [1.165, 1.54) is 6.08 Å². The zero-order valence-corrected chi connectivity index (χ0v) is 19.8. The average Bonchev–Trinajstić information content (AvgIpc) is 2.86. The summed E-state index contributed by atoms with van der Waals surface area (Å²) in [5, 5.41) is 24.7. The number of aromatic nitrogens is 2. The summed E-state index contributed by atoms with van der Waals surface area (Å²) in [6.07, 6.45) is 5.09. The molecule has 3 aromatic carbocycles. The minimum Gasteiger partial charge on any atom is -0.339 e. The van der Waals surface area contributed by atoms with Crippen LogP contribution in [0, 0.1) is 43.4 Å². The van der Waals surface area contributed by atoms with E-state index in [-0.39, 0.29) is 0 Å². The Morgan fingerprint density at radius 3 is 2.20 bits per heavy atom. The standard InChI is InChI=1S/C29H24N6/c1-19-7-4-5-9-25(19)26-18-32-29(33-24-12-10-22(17-31)11-13-24)35-28(26)34-27-20(2)15-23(8-6-14-30)16-21(27)3/h4-13,15-16,18H,1-3H3,(H2,32,33,34,35)/b8-6+. The van der Waals surface area contributed by atoms with E-state index in [1.807, 2.05) is 62.5 Å². The first-order valence-corrected chi connectivity index (χ1v) is 11.1. The van der Waals surface area contributed by atoms with Gasteiger partial charge in [-0.1, -0.05) is 24.3 Å². The molecule has 0 radical (unpaired) electrons. The van der Waals surface area contributed by atoms with E-state index in [2.05, 4.69) is 40.7 Å². The number of anilines is 4. The van der Waals surface area contributed by atoms with Crippen molar-refractivity contribution in [2.24, 2.45) is 0 Å². The van der Waals surface area contributed by atoms with Crippen LogP contribution in [-0.2, 0) is 0 Å². The number of nitrogens with one attached hydrogen (secondary N) is 2. The predicted molar refractivity (Wildman–Crippen MR) is 140 cm³/mol. The fourth-order valence-corrected chi connectivity index (χ4v) is 3.91. The van der Waals surface area contributed by atoms with Crippen LogP contribution in [0.4, 0.5) is 23.1 Å². The fourth-order valence-electron chi connectivity index (χ4n) is 3.91. The van der Waals surface area contributed by atoms with Crippen LogP contribution in [-0.4, -0.2) is 9.97 Å². The topological polar surface area (TPSA) is 97.4 Å². The minimum absolute atomic E-state index is 0.443. The number of allylic oxidation sites excluding steroid dienone is 1. The predicted octanol–water partition coefficient (Wildman–Crippen LogP) is 6.96. The van der Waals surface area contributed by atoms with Crippen molar-refractivity contribution in [2.75, 3.05) is 10.6 Å². The Balaban J connectivity index is 1.76.